The standard InChI is InChI=1S/C26H19FN4O3S/c27-21-13-11-19(12-14-21)25-23(31-35(33,34)22-9-5-2-6-10-22)15-20(16-28)26(30-25)29-17-24(32)18-7-3-1-4-8-18/h1-15,31H,17H2,(H,29,30). The minimum Gasteiger partial charge on any atom is -0.361 e. The van der Waals surface area contributed by atoms with Crippen LogP contribution in [0.4, 0.5) is 15.9 Å². The number of anilines is 2. The molecule has 0 spiro atoms. The lowest BCUT2D eigenvalue weighted by molar-refractivity contribution is 0.101. The highest BCUT2D eigenvalue weighted by atomic mass is 32.2. The Bertz CT molecular complexity index is 1500. The van der Waals surface area contributed by atoms with E-state index in [0.717, 1.165) is 0 Å². The first kappa shape index (κ1) is 23.6. The zero-order valence-corrected chi connectivity index (χ0v) is 19.1. The maximum absolute atomic E-state index is 13.5. The van der Waals surface area contributed by atoms with Crippen molar-refractivity contribution in [2.75, 3.05) is 16.6 Å². The summed E-state index contributed by atoms with van der Waals surface area (Å²) in [5.74, 6) is -0.590. The van der Waals surface area contributed by atoms with Crippen molar-refractivity contribution in [3.8, 4) is 17.3 Å². The number of carbonyl (C=O) groups is 1. The number of pyridine rings is 1. The van der Waals surface area contributed by atoms with Crippen LogP contribution in [-0.2, 0) is 10.0 Å². The van der Waals surface area contributed by atoms with Gasteiger partial charge in [0, 0.05) is 11.1 Å². The highest BCUT2D eigenvalue weighted by molar-refractivity contribution is 7.92. The number of hydrogen-bond acceptors (Lipinski definition) is 6. The van der Waals surface area contributed by atoms with E-state index < -0.39 is 15.8 Å². The van der Waals surface area contributed by atoms with Crippen LogP contribution < -0.4 is 10.0 Å². The molecule has 1 aromatic heterocycles. The van der Waals surface area contributed by atoms with Crippen molar-refractivity contribution in [3.63, 3.8) is 0 Å². The number of nitriles is 1. The zero-order chi connectivity index (χ0) is 24.8. The summed E-state index contributed by atoms with van der Waals surface area (Å²) in [4.78, 5) is 17.0. The third-order valence-electron chi connectivity index (χ3n) is 5.07. The van der Waals surface area contributed by atoms with Gasteiger partial charge in [-0.1, -0.05) is 48.5 Å². The van der Waals surface area contributed by atoms with E-state index in [1.807, 2.05) is 6.07 Å². The van der Waals surface area contributed by atoms with Gasteiger partial charge in [0.05, 0.1) is 28.4 Å². The fourth-order valence-corrected chi connectivity index (χ4v) is 4.41. The first-order chi connectivity index (χ1) is 16.9. The Morgan fingerprint density at radius 1 is 0.943 bits per heavy atom. The molecule has 0 atom stereocenters. The third kappa shape index (κ3) is 5.51. The van der Waals surface area contributed by atoms with Crippen molar-refractivity contribution in [2.45, 2.75) is 4.90 Å². The van der Waals surface area contributed by atoms with Crippen LogP contribution >= 0.6 is 0 Å². The molecular formula is C26H19FN4O3S. The van der Waals surface area contributed by atoms with Gasteiger partial charge in [-0.3, -0.25) is 9.52 Å². The van der Waals surface area contributed by atoms with Crippen LogP contribution in [0.25, 0.3) is 11.3 Å². The topological polar surface area (TPSA) is 112 Å². The number of hydrogen-bond donors (Lipinski definition) is 2. The van der Waals surface area contributed by atoms with Gasteiger partial charge in [0.2, 0.25) is 0 Å². The lowest BCUT2D eigenvalue weighted by Crippen LogP contribution is -2.17. The van der Waals surface area contributed by atoms with E-state index >= 15 is 0 Å². The number of nitrogens with one attached hydrogen (secondary N) is 2. The molecule has 0 unspecified atom stereocenters. The van der Waals surface area contributed by atoms with Crippen LogP contribution in [0.2, 0.25) is 0 Å². The Kier molecular flexibility index (Phi) is 6.85. The number of halogens is 1. The fraction of sp³-hybridized carbons (Fsp3) is 0.0385. The summed E-state index contributed by atoms with van der Waals surface area (Å²) >= 11 is 0. The van der Waals surface area contributed by atoms with Crippen LogP contribution in [0.15, 0.2) is 95.9 Å². The molecular weight excluding hydrogens is 467 g/mol. The Morgan fingerprint density at radius 2 is 1.57 bits per heavy atom. The highest BCUT2D eigenvalue weighted by Crippen LogP contribution is 2.32. The number of carbonyl (C=O) groups excluding carboxylic acids is 1. The fourth-order valence-electron chi connectivity index (χ4n) is 3.33. The van der Waals surface area contributed by atoms with E-state index in [1.165, 1.54) is 42.5 Å². The number of sulfonamides is 1. The van der Waals surface area contributed by atoms with Crippen LogP contribution in [0.1, 0.15) is 15.9 Å². The van der Waals surface area contributed by atoms with Gasteiger partial charge in [-0.25, -0.2) is 17.8 Å². The Morgan fingerprint density at radius 3 is 2.20 bits per heavy atom. The van der Waals surface area contributed by atoms with Gasteiger partial charge in [0.1, 0.15) is 17.7 Å². The van der Waals surface area contributed by atoms with Crippen molar-refractivity contribution in [1.29, 1.82) is 5.26 Å². The molecule has 35 heavy (non-hydrogen) atoms. The molecule has 0 amide bonds. The van der Waals surface area contributed by atoms with Crippen LogP contribution in [-0.4, -0.2) is 25.7 Å². The maximum atomic E-state index is 13.5. The molecule has 1 heterocycles. The van der Waals surface area contributed by atoms with E-state index in [9.17, 15) is 22.9 Å². The Labute approximate surface area is 201 Å². The van der Waals surface area contributed by atoms with Crippen molar-refractivity contribution in [1.82, 2.24) is 4.98 Å². The van der Waals surface area contributed by atoms with E-state index in [4.69, 9.17) is 0 Å². The molecule has 0 fully saturated rings. The van der Waals surface area contributed by atoms with Gasteiger partial charge < -0.3 is 5.32 Å². The number of Topliss-reactive ketones (excluding diaryl/α,β-unsaturated/α-hetero) is 1. The molecule has 0 saturated carbocycles. The minimum atomic E-state index is -4.00. The molecule has 0 saturated heterocycles. The molecule has 0 radical (unpaired) electrons. The van der Waals surface area contributed by atoms with E-state index in [-0.39, 0.29) is 40.0 Å². The average Bonchev–Trinajstić information content (AvgIpc) is 2.89. The van der Waals surface area contributed by atoms with Gasteiger partial charge in [-0.2, -0.15) is 5.26 Å². The molecule has 3 aromatic carbocycles. The zero-order valence-electron chi connectivity index (χ0n) is 18.3. The molecule has 174 valence electrons. The summed E-state index contributed by atoms with van der Waals surface area (Å²) in [5, 5.41) is 12.6. The molecule has 0 aliphatic carbocycles. The molecule has 4 aromatic rings. The van der Waals surface area contributed by atoms with E-state index in [1.54, 1.807) is 48.5 Å². The SMILES string of the molecule is N#Cc1cc(NS(=O)(=O)c2ccccc2)c(-c2ccc(F)cc2)nc1NCC(=O)c1ccccc1. The highest BCUT2D eigenvalue weighted by Gasteiger charge is 2.20. The average molecular weight is 487 g/mol. The van der Waals surface area contributed by atoms with E-state index in [2.05, 4.69) is 15.0 Å². The van der Waals surface area contributed by atoms with Crippen LogP contribution in [0, 0.1) is 17.1 Å². The second-order valence-corrected chi connectivity index (χ2v) is 9.14. The van der Waals surface area contributed by atoms with E-state index in [0.29, 0.717) is 11.1 Å². The summed E-state index contributed by atoms with van der Waals surface area (Å²) in [5.41, 5.74) is 1.14. The van der Waals surface area contributed by atoms with Crippen LogP contribution in [0.3, 0.4) is 0 Å². The molecule has 9 heteroatoms. The number of aromatic nitrogens is 1. The summed E-state index contributed by atoms with van der Waals surface area (Å²) in [6, 6.07) is 25.0. The number of ketones is 1. The lowest BCUT2D eigenvalue weighted by atomic mass is 10.1. The van der Waals surface area contributed by atoms with Crippen molar-refractivity contribution >= 4 is 27.3 Å². The van der Waals surface area contributed by atoms with Crippen LogP contribution in [0.5, 0.6) is 0 Å². The van der Waals surface area contributed by atoms with Crippen molar-refractivity contribution in [2.24, 2.45) is 0 Å². The first-order valence-corrected chi connectivity index (χ1v) is 12.0. The first-order valence-electron chi connectivity index (χ1n) is 10.5. The molecule has 7 nitrogen and oxygen atoms in total. The van der Waals surface area contributed by atoms with Gasteiger partial charge >= 0.3 is 0 Å². The van der Waals surface area contributed by atoms with Crippen molar-refractivity contribution < 1.29 is 17.6 Å². The second-order valence-electron chi connectivity index (χ2n) is 7.46. The minimum absolute atomic E-state index is 0.0271. The summed E-state index contributed by atoms with van der Waals surface area (Å²) in [6.07, 6.45) is 0. The van der Waals surface area contributed by atoms with Gasteiger partial charge in [-0.15, -0.1) is 0 Å². The smallest absolute Gasteiger partial charge is 0.261 e. The normalized spacial score (nSPS) is 10.9. The Balaban J connectivity index is 1.74. The molecule has 2 N–H and O–H groups in total. The number of rotatable bonds is 8. The number of benzene rings is 3. The summed E-state index contributed by atoms with van der Waals surface area (Å²) in [6.45, 7) is -0.135. The molecule has 0 aliphatic rings. The van der Waals surface area contributed by atoms with Gasteiger partial charge in [0.15, 0.2) is 5.78 Å². The second kappa shape index (κ2) is 10.2. The molecule has 0 aliphatic heterocycles. The predicted molar refractivity (Wildman–Crippen MR) is 131 cm³/mol. The molecule has 0 bridgehead atoms. The maximum Gasteiger partial charge on any atom is 0.261 e. The predicted octanol–water partition coefficient (Wildman–Crippen LogP) is 4.85. The summed E-state index contributed by atoms with van der Waals surface area (Å²) < 4.78 is 41.9. The molecule has 4 rings (SSSR count). The number of nitrogens with zero attached hydrogens (tertiary/aromatic N) is 2. The summed E-state index contributed by atoms with van der Waals surface area (Å²) in [7, 11) is -4.00. The lowest BCUT2D eigenvalue weighted by Gasteiger charge is -2.16. The van der Waals surface area contributed by atoms with Gasteiger partial charge in [0.25, 0.3) is 10.0 Å². The van der Waals surface area contributed by atoms with Crippen molar-refractivity contribution in [3.05, 3.63) is 108 Å². The largest absolute Gasteiger partial charge is 0.361 e. The Hall–Kier alpha value is -4.55. The monoisotopic (exact) mass is 486 g/mol. The quantitative estimate of drug-likeness (QED) is 0.344. The van der Waals surface area contributed by atoms with Gasteiger partial charge in [-0.05, 0) is 42.5 Å². The third-order valence-corrected chi connectivity index (χ3v) is 6.45.